The van der Waals surface area contributed by atoms with Crippen LogP contribution >= 0.6 is 15.9 Å². The van der Waals surface area contributed by atoms with Crippen molar-refractivity contribution in [1.29, 1.82) is 0 Å². The molecule has 0 fully saturated rings. The number of rotatable bonds is 7. The van der Waals surface area contributed by atoms with E-state index in [0.29, 0.717) is 12.5 Å². The van der Waals surface area contributed by atoms with E-state index >= 15 is 0 Å². The van der Waals surface area contributed by atoms with E-state index in [0.717, 1.165) is 40.8 Å². The zero-order valence-electron chi connectivity index (χ0n) is 12.4. The molecule has 1 aromatic heterocycles. The summed E-state index contributed by atoms with van der Waals surface area (Å²) in [6.07, 6.45) is 3.48. The molecule has 0 unspecified atom stereocenters. The second kappa shape index (κ2) is 7.98. The lowest BCUT2D eigenvalue weighted by molar-refractivity contribution is 0.290. The smallest absolute Gasteiger partial charge is 0.222 e. The molecule has 21 heavy (non-hydrogen) atoms. The van der Waals surface area contributed by atoms with Crippen molar-refractivity contribution in [3.63, 3.8) is 0 Å². The summed E-state index contributed by atoms with van der Waals surface area (Å²) in [6.45, 7) is 5.54. The molecule has 0 saturated heterocycles. The van der Waals surface area contributed by atoms with E-state index in [4.69, 9.17) is 4.74 Å². The van der Waals surface area contributed by atoms with E-state index in [-0.39, 0.29) is 0 Å². The van der Waals surface area contributed by atoms with Crippen LogP contribution < -0.4 is 10.1 Å². The highest BCUT2D eigenvalue weighted by Crippen LogP contribution is 2.24. The maximum absolute atomic E-state index is 5.90. The summed E-state index contributed by atoms with van der Waals surface area (Å²) < 4.78 is 6.96. The molecule has 0 aliphatic carbocycles. The molecule has 1 heterocycles. The molecule has 0 saturated carbocycles. The maximum atomic E-state index is 5.90. The van der Waals surface area contributed by atoms with Crippen molar-refractivity contribution < 1.29 is 4.74 Å². The highest BCUT2D eigenvalue weighted by atomic mass is 79.9. The molecule has 4 nitrogen and oxygen atoms in total. The van der Waals surface area contributed by atoms with Crippen LogP contribution in [-0.4, -0.2) is 16.5 Å². The van der Waals surface area contributed by atoms with Crippen molar-refractivity contribution in [2.75, 3.05) is 11.9 Å². The zero-order valence-corrected chi connectivity index (χ0v) is 14.0. The van der Waals surface area contributed by atoms with Crippen molar-refractivity contribution in [3.8, 4) is 5.88 Å². The van der Waals surface area contributed by atoms with Crippen molar-refractivity contribution in [2.24, 2.45) is 0 Å². The minimum atomic E-state index is 0.507. The van der Waals surface area contributed by atoms with Crippen LogP contribution in [0.25, 0.3) is 0 Å². The fourth-order valence-electron chi connectivity index (χ4n) is 2.05. The number of nitrogens with zero attached hydrogens (tertiary/aromatic N) is 2. The molecule has 0 radical (unpaired) electrons. The van der Waals surface area contributed by atoms with Gasteiger partial charge in [-0.15, -0.1) is 0 Å². The largest absolute Gasteiger partial charge is 0.472 e. The number of nitrogens with one attached hydrogen (secondary N) is 1. The molecular weight excluding hydrogens is 330 g/mol. The SMILES string of the molecule is CCCc1c(NCC)ncnc1OCc1ccc(Br)cc1. The molecule has 0 atom stereocenters. The van der Waals surface area contributed by atoms with Gasteiger partial charge in [0.15, 0.2) is 0 Å². The Labute approximate surface area is 134 Å². The predicted molar refractivity (Wildman–Crippen MR) is 88.7 cm³/mol. The fourth-order valence-corrected chi connectivity index (χ4v) is 2.31. The number of halogens is 1. The Morgan fingerprint density at radius 1 is 1.14 bits per heavy atom. The maximum Gasteiger partial charge on any atom is 0.222 e. The van der Waals surface area contributed by atoms with Crippen molar-refractivity contribution in [1.82, 2.24) is 9.97 Å². The Balaban J connectivity index is 2.14. The third-order valence-corrected chi connectivity index (χ3v) is 3.57. The second-order valence-corrected chi connectivity index (χ2v) is 5.62. The van der Waals surface area contributed by atoms with Gasteiger partial charge in [-0.25, -0.2) is 9.97 Å². The molecule has 1 aromatic carbocycles. The molecule has 2 rings (SSSR count). The van der Waals surface area contributed by atoms with Crippen LogP contribution in [0.15, 0.2) is 35.1 Å². The van der Waals surface area contributed by atoms with Crippen molar-refractivity contribution >= 4 is 21.7 Å². The zero-order chi connectivity index (χ0) is 15.1. The molecule has 2 aromatic rings. The third kappa shape index (κ3) is 4.43. The molecular formula is C16H20BrN3O. The molecule has 5 heteroatoms. The van der Waals surface area contributed by atoms with Crippen LogP contribution in [0.2, 0.25) is 0 Å². The summed E-state index contributed by atoms with van der Waals surface area (Å²) in [5.74, 6) is 1.55. The van der Waals surface area contributed by atoms with Crippen LogP contribution in [0.4, 0.5) is 5.82 Å². The highest BCUT2D eigenvalue weighted by Gasteiger charge is 2.11. The van der Waals surface area contributed by atoms with Crippen LogP contribution in [0.1, 0.15) is 31.4 Å². The number of hydrogen-bond donors (Lipinski definition) is 1. The molecule has 0 aliphatic heterocycles. The normalized spacial score (nSPS) is 10.4. The van der Waals surface area contributed by atoms with E-state index in [1.165, 1.54) is 0 Å². The van der Waals surface area contributed by atoms with Crippen LogP contribution in [-0.2, 0) is 13.0 Å². The van der Waals surface area contributed by atoms with Gasteiger partial charge < -0.3 is 10.1 Å². The van der Waals surface area contributed by atoms with E-state index in [9.17, 15) is 0 Å². The van der Waals surface area contributed by atoms with Gasteiger partial charge in [-0.3, -0.25) is 0 Å². The number of aromatic nitrogens is 2. The standard InChI is InChI=1S/C16H20BrN3O/c1-3-5-14-15(18-4-2)19-11-20-16(14)21-10-12-6-8-13(17)9-7-12/h6-9,11H,3-5,10H2,1-2H3,(H,18,19,20). The van der Waals surface area contributed by atoms with E-state index in [2.05, 4.69) is 45.1 Å². The van der Waals surface area contributed by atoms with Gasteiger partial charge >= 0.3 is 0 Å². The summed E-state index contributed by atoms with van der Waals surface area (Å²) in [6, 6.07) is 8.09. The summed E-state index contributed by atoms with van der Waals surface area (Å²) >= 11 is 3.43. The Kier molecular flexibility index (Phi) is 5.99. The molecule has 0 amide bonds. The Morgan fingerprint density at radius 2 is 1.90 bits per heavy atom. The van der Waals surface area contributed by atoms with Gasteiger partial charge in [0, 0.05) is 11.0 Å². The van der Waals surface area contributed by atoms with E-state index < -0.39 is 0 Å². The highest BCUT2D eigenvalue weighted by molar-refractivity contribution is 9.10. The first-order chi connectivity index (χ1) is 10.2. The molecule has 0 spiro atoms. The van der Waals surface area contributed by atoms with Gasteiger partial charge in [0.25, 0.3) is 0 Å². The van der Waals surface area contributed by atoms with Crippen LogP contribution in [0, 0.1) is 0 Å². The second-order valence-electron chi connectivity index (χ2n) is 4.70. The fraction of sp³-hybridized carbons (Fsp3) is 0.375. The van der Waals surface area contributed by atoms with Gasteiger partial charge in [-0.1, -0.05) is 41.4 Å². The summed E-state index contributed by atoms with van der Waals surface area (Å²) in [4.78, 5) is 8.60. The monoisotopic (exact) mass is 349 g/mol. The number of hydrogen-bond acceptors (Lipinski definition) is 4. The molecule has 0 bridgehead atoms. The average Bonchev–Trinajstić information content (AvgIpc) is 2.49. The molecule has 0 aliphatic rings. The average molecular weight is 350 g/mol. The van der Waals surface area contributed by atoms with Crippen LogP contribution in [0.5, 0.6) is 5.88 Å². The minimum Gasteiger partial charge on any atom is -0.472 e. The summed E-state index contributed by atoms with van der Waals surface area (Å²) in [5, 5.41) is 3.27. The van der Waals surface area contributed by atoms with Gasteiger partial charge in [0.05, 0.1) is 5.56 Å². The predicted octanol–water partition coefficient (Wildman–Crippen LogP) is 4.20. The first kappa shape index (κ1) is 15.8. The topological polar surface area (TPSA) is 47.0 Å². The lowest BCUT2D eigenvalue weighted by atomic mass is 10.1. The lowest BCUT2D eigenvalue weighted by Gasteiger charge is -2.13. The van der Waals surface area contributed by atoms with Gasteiger partial charge in [0.1, 0.15) is 18.8 Å². The Hall–Kier alpha value is -1.62. The first-order valence-corrected chi connectivity index (χ1v) is 7.98. The van der Waals surface area contributed by atoms with Crippen molar-refractivity contribution in [3.05, 3.63) is 46.2 Å². The quantitative estimate of drug-likeness (QED) is 0.813. The van der Waals surface area contributed by atoms with Gasteiger partial charge in [-0.05, 0) is 31.0 Å². The molecule has 112 valence electrons. The van der Waals surface area contributed by atoms with Gasteiger partial charge in [0.2, 0.25) is 5.88 Å². The minimum absolute atomic E-state index is 0.507. The summed E-state index contributed by atoms with van der Waals surface area (Å²) in [7, 11) is 0. The van der Waals surface area contributed by atoms with Crippen molar-refractivity contribution in [2.45, 2.75) is 33.3 Å². The van der Waals surface area contributed by atoms with Crippen LogP contribution in [0.3, 0.4) is 0 Å². The number of benzene rings is 1. The number of anilines is 1. The summed E-state index contributed by atoms with van der Waals surface area (Å²) in [5.41, 5.74) is 2.17. The van der Waals surface area contributed by atoms with E-state index in [1.807, 2.05) is 24.3 Å². The van der Waals surface area contributed by atoms with Gasteiger partial charge in [-0.2, -0.15) is 0 Å². The Morgan fingerprint density at radius 3 is 2.57 bits per heavy atom. The molecule has 1 N–H and O–H groups in total. The van der Waals surface area contributed by atoms with E-state index in [1.54, 1.807) is 6.33 Å². The number of ether oxygens (including phenoxy) is 1. The third-order valence-electron chi connectivity index (χ3n) is 3.04. The Bertz CT molecular complexity index is 572. The first-order valence-electron chi connectivity index (χ1n) is 7.19. The lowest BCUT2D eigenvalue weighted by Crippen LogP contribution is -2.08.